The molecule has 0 aliphatic carbocycles. The Bertz CT molecular complexity index is 1130. The number of nitrogens with one attached hydrogen (secondary N) is 1. The average molecular weight is 462 g/mol. The van der Waals surface area contributed by atoms with Gasteiger partial charge < -0.3 is 14.6 Å². The lowest BCUT2D eigenvalue weighted by Crippen LogP contribution is -2.41. The second kappa shape index (κ2) is 9.46. The maximum absolute atomic E-state index is 13.5. The van der Waals surface area contributed by atoms with Crippen LogP contribution in [-0.2, 0) is 26.6 Å². The first-order valence-electron chi connectivity index (χ1n) is 10.8. The predicted octanol–water partition coefficient (Wildman–Crippen LogP) is 3.17. The fraction of sp³-hybridized carbons (Fsp3) is 0.478. The first-order chi connectivity index (χ1) is 15.1. The molecule has 0 radical (unpaired) electrons. The molecule has 1 amide bonds. The third-order valence-electron chi connectivity index (χ3n) is 6.11. The number of esters is 1. The normalized spacial score (nSPS) is 15.5. The maximum Gasteiger partial charge on any atom is 0.341 e. The van der Waals surface area contributed by atoms with Crippen LogP contribution in [0.15, 0.2) is 29.2 Å². The lowest BCUT2D eigenvalue weighted by Gasteiger charge is -2.30. The van der Waals surface area contributed by atoms with Gasteiger partial charge in [0.05, 0.1) is 6.61 Å². The van der Waals surface area contributed by atoms with Crippen LogP contribution in [0.1, 0.15) is 47.1 Å². The van der Waals surface area contributed by atoms with Gasteiger partial charge in [-0.2, -0.15) is 4.31 Å². The molecule has 8 nitrogen and oxygen atoms in total. The smallest absolute Gasteiger partial charge is 0.341 e. The van der Waals surface area contributed by atoms with Gasteiger partial charge in [-0.15, -0.1) is 0 Å². The van der Waals surface area contributed by atoms with E-state index in [1.165, 1.54) is 4.31 Å². The molecule has 174 valence electrons. The molecule has 1 aliphatic heterocycles. The largest absolute Gasteiger partial charge is 0.462 e. The summed E-state index contributed by atoms with van der Waals surface area (Å²) in [6, 6.07) is 7.57. The summed E-state index contributed by atoms with van der Waals surface area (Å²) in [4.78, 5) is 25.2. The third kappa shape index (κ3) is 4.59. The highest BCUT2D eigenvalue weighted by Crippen LogP contribution is 2.32. The van der Waals surface area contributed by atoms with E-state index in [2.05, 4.69) is 5.32 Å². The van der Waals surface area contributed by atoms with Crippen molar-refractivity contribution >= 4 is 27.6 Å². The Morgan fingerprint density at radius 1 is 1.12 bits per heavy atom. The minimum atomic E-state index is -3.92. The number of hydrogen-bond donors (Lipinski definition) is 1. The molecule has 1 aromatic heterocycles. The molecular weight excluding hydrogens is 430 g/mol. The third-order valence-corrected chi connectivity index (χ3v) is 8.17. The van der Waals surface area contributed by atoms with Crippen molar-refractivity contribution in [3.63, 3.8) is 0 Å². The quantitative estimate of drug-likeness (QED) is 0.667. The number of aromatic nitrogens is 1. The lowest BCUT2D eigenvalue weighted by atomic mass is 9.97. The van der Waals surface area contributed by atoms with E-state index in [0.717, 1.165) is 11.3 Å². The zero-order valence-electron chi connectivity index (χ0n) is 19.3. The Morgan fingerprint density at radius 2 is 1.78 bits per heavy atom. The topological polar surface area (TPSA) is 97.7 Å². The van der Waals surface area contributed by atoms with Crippen LogP contribution in [0.4, 0.5) is 5.69 Å². The molecule has 0 atom stereocenters. The second-order valence-corrected chi connectivity index (χ2v) is 10.1. The molecule has 2 heterocycles. The van der Waals surface area contributed by atoms with Crippen molar-refractivity contribution < 1.29 is 22.7 Å². The summed E-state index contributed by atoms with van der Waals surface area (Å²) < 4.78 is 35.2. The number of carbonyl (C=O) groups is 2. The standard InChI is InChI=1S/C23H31N3O5S/c1-6-31-23(28)20-16(3)25(5)17(4)21(20)32(29,30)26-12-10-18(11-13-26)22(27)24-19-9-7-8-15(2)14-19/h7-9,14,18H,6,10-13H2,1-5H3,(H,24,27). The molecule has 0 unspecified atom stereocenters. The fourth-order valence-corrected chi connectivity index (χ4v) is 6.08. The summed E-state index contributed by atoms with van der Waals surface area (Å²) in [5.74, 6) is -1.02. The van der Waals surface area contributed by atoms with E-state index in [4.69, 9.17) is 4.74 Å². The van der Waals surface area contributed by atoms with Crippen LogP contribution in [0.2, 0.25) is 0 Å². The molecule has 1 aliphatic rings. The highest BCUT2D eigenvalue weighted by molar-refractivity contribution is 7.89. The van der Waals surface area contributed by atoms with E-state index < -0.39 is 16.0 Å². The van der Waals surface area contributed by atoms with Crippen molar-refractivity contribution in [3.05, 3.63) is 46.8 Å². The van der Waals surface area contributed by atoms with Crippen molar-refractivity contribution in [2.75, 3.05) is 25.0 Å². The van der Waals surface area contributed by atoms with Crippen LogP contribution in [0.3, 0.4) is 0 Å². The molecule has 0 spiro atoms. The number of sulfonamides is 1. The molecule has 2 aromatic rings. The number of nitrogens with zero attached hydrogens (tertiary/aromatic N) is 2. The van der Waals surface area contributed by atoms with Gasteiger partial charge in [-0.3, -0.25) is 4.79 Å². The van der Waals surface area contributed by atoms with Crippen LogP contribution >= 0.6 is 0 Å². The molecule has 1 N–H and O–H groups in total. The summed E-state index contributed by atoms with van der Waals surface area (Å²) >= 11 is 0. The van der Waals surface area contributed by atoms with Gasteiger partial charge in [-0.25, -0.2) is 13.2 Å². The van der Waals surface area contributed by atoms with Crippen molar-refractivity contribution in [2.45, 2.75) is 45.4 Å². The number of rotatable bonds is 6. The van der Waals surface area contributed by atoms with Gasteiger partial charge in [0.15, 0.2) is 0 Å². The highest BCUT2D eigenvalue weighted by atomic mass is 32.2. The van der Waals surface area contributed by atoms with Crippen molar-refractivity contribution in [1.82, 2.24) is 8.87 Å². The summed E-state index contributed by atoms with van der Waals surface area (Å²) in [5.41, 5.74) is 2.91. The van der Waals surface area contributed by atoms with Crippen LogP contribution in [0.25, 0.3) is 0 Å². The average Bonchev–Trinajstić information content (AvgIpc) is 2.98. The summed E-state index contributed by atoms with van der Waals surface area (Å²) in [6.45, 7) is 7.62. The van der Waals surface area contributed by atoms with E-state index in [0.29, 0.717) is 24.2 Å². The first kappa shape index (κ1) is 24.0. The Balaban J connectivity index is 1.77. The molecule has 0 bridgehead atoms. The molecule has 0 saturated carbocycles. The lowest BCUT2D eigenvalue weighted by molar-refractivity contribution is -0.120. The molecular formula is C23H31N3O5S. The minimum Gasteiger partial charge on any atom is -0.462 e. The number of carbonyl (C=O) groups excluding carboxylic acids is 2. The van der Waals surface area contributed by atoms with E-state index in [-0.39, 0.29) is 42.0 Å². The Hall–Kier alpha value is -2.65. The summed E-state index contributed by atoms with van der Waals surface area (Å²) in [5, 5.41) is 2.92. The zero-order valence-corrected chi connectivity index (χ0v) is 20.1. The van der Waals surface area contributed by atoms with E-state index >= 15 is 0 Å². The van der Waals surface area contributed by atoms with Gasteiger partial charge >= 0.3 is 5.97 Å². The first-order valence-corrected chi connectivity index (χ1v) is 12.2. The Kier molecular flexibility index (Phi) is 7.09. The van der Waals surface area contributed by atoms with Crippen molar-refractivity contribution in [2.24, 2.45) is 13.0 Å². The number of ether oxygens (including phenoxy) is 1. The number of aryl methyl sites for hydroxylation is 1. The molecule has 1 saturated heterocycles. The number of benzene rings is 1. The van der Waals surface area contributed by atoms with Crippen LogP contribution in [0.5, 0.6) is 0 Å². The van der Waals surface area contributed by atoms with Crippen LogP contribution < -0.4 is 5.32 Å². The van der Waals surface area contributed by atoms with Crippen molar-refractivity contribution in [1.29, 1.82) is 0 Å². The zero-order chi connectivity index (χ0) is 23.6. The second-order valence-electron chi connectivity index (χ2n) is 8.19. The monoisotopic (exact) mass is 461 g/mol. The van der Waals surface area contributed by atoms with Gasteiger partial charge in [0.1, 0.15) is 10.5 Å². The Labute approximate surface area is 189 Å². The van der Waals surface area contributed by atoms with Crippen LogP contribution in [0, 0.1) is 26.7 Å². The molecule has 1 fully saturated rings. The maximum atomic E-state index is 13.5. The van der Waals surface area contributed by atoms with Gasteiger partial charge in [0.2, 0.25) is 15.9 Å². The molecule has 1 aromatic carbocycles. The fourth-order valence-electron chi connectivity index (χ4n) is 4.13. The SMILES string of the molecule is CCOC(=O)c1c(S(=O)(=O)N2CCC(C(=O)Nc3cccc(C)c3)CC2)c(C)n(C)c1C. The van der Waals surface area contributed by atoms with Gasteiger partial charge in [0.25, 0.3) is 0 Å². The van der Waals surface area contributed by atoms with E-state index in [1.807, 2.05) is 31.2 Å². The van der Waals surface area contributed by atoms with E-state index in [1.54, 1.807) is 32.4 Å². The van der Waals surface area contributed by atoms with E-state index in [9.17, 15) is 18.0 Å². The molecule has 9 heteroatoms. The predicted molar refractivity (Wildman–Crippen MR) is 122 cm³/mol. The van der Waals surface area contributed by atoms with Crippen molar-refractivity contribution in [3.8, 4) is 0 Å². The molecule has 32 heavy (non-hydrogen) atoms. The number of anilines is 1. The highest BCUT2D eigenvalue weighted by Gasteiger charge is 2.38. The van der Waals surface area contributed by atoms with Gasteiger partial charge in [0, 0.05) is 43.1 Å². The van der Waals surface area contributed by atoms with Crippen LogP contribution in [-0.4, -0.2) is 48.9 Å². The number of hydrogen-bond acceptors (Lipinski definition) is 5. The summed E-state index contributed by atoms with van der Waals surface area (Å²) in [7, 11) is -2.19. The van der Waals surface area contributed by atoms with Gasteiger partial charge in [-0.05, 0) is 58.2 Å². The van der Waals surface area contributed by atoms with Gasteiger partial charge in [-0.1, -0.05) is 12.1 Å². The number of amides is 1. The number of piperidine rings is 1. The minimum absolute atomic E-state index is 0.00128. The summed E-state index contributed by atoms with van der Waals surface area (Å²) in [6.07, 6.45) is 0.826. The Morgan fingerprint density at radius 3 is 2.38 bits per heavy atom. The molecule has 3 rings (SSSR count).